The fraction of sp³-hybridized carbons (Fsp3) is 0.667. The molecule has 1 heterocycles. The highest BCUT2D eigenvalue weighted by molar-refractivity contribution is 6.29. The van der Waals surface area contributed by atoms with Gasteiger partial charge in [-0.1, -0.05) is 6.58 Å². The number of hydrogen-bond donors (Lipinski definition) is 1. The third kappa shape index (κ3) is 4.03. The van der Waals surface area contributed by atoms with Crippen LogP contribution in [0.4, 0.5) is 0 Å². The number of aliphatic imine (C=N–C) groups is 1. The first kappa shape index (κ1) is 14.5. The van der Waals surface area contributed by atoms with Gasteiger partial charge in [0.1, 0.15) is 5.84 Å². The van der Waals surface area contributed by atoms with E-state index in [1.54, 1.807) is 29.6 Å². The van der Waals surface area contributed by atoms with Crippen molar-refractivity contribution in [2.24, 2.45) is 10.1 Å². The molecule has 6 heteroatoms. The van der Waals surface area contributed by atoms with Gasteiger partial charge in [0.2, 0.25) is 0 Å². The van der Waals surface area contributed by atoms with Crippen molar-refractivity contribution >= 4 is 12.1 Å². The second kappa shape index (κ2) is 7.00. The SMILES string of the molecule is C=CN(C)N(C)/N=C\C(=NC)N1CCN[C@H](C)C1. The van der Waals surface area contributed by atoms with Crippen LogP contribution >= 0.6 is 0 Å². The zero-order valence-corrected chi connectivity index (χ0v) is 11.8. The fourth-order valence-electron chi connectivity index (χ4n) is 1.76. The second-order valence-electron chi connectivity index (χ2n) is 4.37. The number of hydrazine groups is 1. The average molecular weight is 252 g/mol. The summed E-state index contributed by atoms with van der Waals surface area (Å²) in [5, 5.41) is 11.3. The summed E-state index contributed by atoms with van der Waals surface area (Å²) in [6.45, 7) is 8.77. The van der Waals surface area contributed by atoms with Crippen LogP contribution in [0.1, 0.15) is 6.92 Å². The van der Waals surface area contributed by atoms with E-state index in [0.29, 0.717) is 6.04 Å². The quantitative estimate of drug-likeness (QED) is 0.441. The van der Waals surface area contributed by atoms with Crippen molar-refractivity contribution in [1.82, 2.24) is 20.3 Å². The van der Waals surface area contributed by atoms with Gasteiger partial charge in [0.05, 0.1) is 6.21 Å². The Morgan fingerprint density at radius 2 is 2.22 bits per heavy atom. The van der Waals surface area contributed by atoms with Crippen LogP contribution in [0.15, 0.2) is 22.9 Å². The van der Waals surface area contributed by atoms with E-state index in [0.717, 1.165) is 25.5 Å². The van der Waals surface area contributed by atoms with Gasteiger partial charge >= 0.3 is 0 Å². The molecule has 0 spiro atoms. The van der Waals surface area contributed by atoms with E-state index < -0.39 is 0 Å². The number of nitrogens with zero attached hydrogens (tertiary/aromatic N) is 5. The van der Waals surface area contributed by atoms with Gasteiger partial charge in [-0.25, -0.2) is 5.12 Å². The lowest BCUT2D eigenvalue weighted by Crippen LogP contribution is -2.51. The molecule has 1 N–H and O–H groups in total. The van der Waals surface area contributed by atoms with E-state index in [9.17, 15) is 0 Å². The van der Waals surface area contributed by atoms with Gasteiger partial charge in [-0.15, -0.1) is 0 Å². The maximum Gasteiger partial charge on any atom is 0.144 e. The Kier molecular flexibility index (Phi) is 5.64. The van der Waals surface area contributed by atoms with Gasteiger partial charge in [0, 0.05) is 53.0 Å². The second-order valence-corrected chi connectivity index (χ2v) is 4.37. The molecular weight excluding hydrogens is 228 g/mol. The molecule has 0 aliphatic carbocycles. The highest BCUT2D eigenvalue weighted by Gasteiger charge is 2.17. The molecule has 0 aromatic heterocycles. The third-order valence-electron chi connectivity index (χ3n) is 2.98. The zero-order valence-electron chi connectivity index (χ0n) is 11.8. The van der Waals surface area contributed by atoms with Crippen LogP contribution in [0.25, 0.3) is 0 Å². The number of amidine groups is 1. The van der Waals surface area contributed by atoms with Crippen molar-refractivity contribution in [3.05, 3.63) is 12.8 Å². The maximum atomic E-state index is 4.34. The molecule has 1 aliphatic heterocycles. The molecule has 0 saturated carbocycles. The van der Waals surface area contributed by atoms with Gasteiger partial charge in [-0.2, -0.15) is 5.10 Å². The van der Waals surface area contributed by atoms with Crippen molar-refractivity contribution in [2.45, 2.75) is 13.0 Å². The summed E-state index contributed by atoms with van der Waals surface area (Å²) < 4.78 is 0. The minimum absolute atomic E-state index is 0.484. The predicted molar refractivity (Wildman–Crippen MR) is 76.6 cm³/mol. The standard InChI is InChI=1S/C12H24N6/c1-6-16(4)17(5)15-9-12(13-3)18-8-7-14-11(2)10-18/h6,9,11,14H,1,7-8,10H2,2-5H3/b13-12?,15-9-/t11-/m1/s1. The van der Waals surface area contributed by atoms with E-state index in [1.165, 1.54) is 0 Å². The number of hydrogen-bond acceptors (Lipinski definition) is 5. The normalized spacial score (nSPS) is 21.2. The van der Waals surface area contributed by atoms with Crippen LogP contribution in [0.3, 0.4) is 0 Å². The smallest absolute Gasteiger partial charge is 0.144 e. The molecule has 6 nitrogen and oxygen atoms in total. The number of hydrazone groups is 1. The van der Waals surface area contributed by atoms with Gasteiger partial charge in [-0.05, 0) is 6.92 Å². The average Bonchev–Trinajstić information content (AvgIpc) is 2.38. The molecule has 1 aliphatic rings. The summed E-state index contributed by atoms with van der Waals surface area (Å²) >= 11 is 0. The molecule has 1 fully saturated rings. The van der Waals surface area contributed by atoms with Crippen molar-refractivity contribution in [3.8, 4) is 0 Å². The Morgan fingerprint density at radius 1 is 1.50 bits per heavy atom. The maximum absolute atomic E-state index is 4.34. The molecule has 0 aromatic rings. The van der Waals surface area contributed by atoms with E-state index in [1.807, 2.05) is 14.1 Å². The summed E-state index contributed by atoms with van der Waals surface area (Å²) in [6, 6.07) is 0.484. The van der Waals surface area contributed by atoms with E-state index in [2.05, 4.69) is 33.8 Å². The number of rotatable bonds is 4. The van der Waals surface area contributed by atoms with Gasteiger partial charge in [0.15, 0.2) is 0 Å². The van der Waals surface area contributed by atoms with Crippen LogP contribution in [0, 0.1) is 0 Å². The van der Waals surface area contributed by atoms with Crippen molar-refractivity contribution < 1.29 is 0 Å². The topological polar surface area (TPSA) is 46.5 Å². The fourth-order valence-corrected chi connectivity index (χ4v) is 1.76. The Balaban J connectivity index is 2.61. The Labute approximate surface area is 110 Å². The molecule has 0 unspecified atom stereocenters. The van der Waals surface area contributed by atoms with Gasteiger partial charge in [-0.3, -0.25) is 10.0 Å². The summed E-state index contributed by atoms with van der Waals surface area (Å²) in [5.41, 5.74) is 0. The monoisotopic (exact) mass is 252 g/mol. The van der Waals surface area contributed by atoms with Crippen LogP contribution in [-0.2, 0) is 0 Å². The highest BCUT2D eigenvalue weighted by atomic mass is 15.7. The van der Waals surface area contributed by atoms with Crippen LogP contribution in [-0.4, -0.2) is 73.9 Å². The van der Waals surface area contributed by atoms with Gasteiger partial charge in [0.25, 0.3) is 0 Å². The third-order valence-corrected chi connectivity index (χ3v) is 2.98. The largest absolute Gasteiger partial charge is 0.353 e. The number of nitrogens with one attached hydrogen (secondary N) is 1. The molecule has 1 atom stereocenters. The predicted octanol–water partition coefficient (Wildman–Crippen LogP) is 0.216. The van der Waals surface area contributed by atoms with E-state index in [-0.39, 0.29) is 0 Å². The van der Waals surface area contributed by atoms with Crippen molar-refractivity contribution in [2.75, 3.05) is 40.8 Å². The van der Waals surface area contributed by atoms with Crippen LogP contribution in [0.2, 0.25) is 0 Å². The van der Waals surface area contributed by atoms with E-state index in [4.69, 9.17) is 0 Å². The summed E-state index contributed by atoms with van der Waals surface area (Å²) in [7, 11) is 5.55. The van der Waals surface area contributed by atoms with Crippen LogP contribution < -0.4 is 5.32 Å². The Morgan fingerprint density at radius 3 is 2.78 bits per heavy atom. The molecule has 0 aromatic carbocycles. The summed E-state index contributed by atoms with van der Waals surface area (Å²) in [5.74, 6) is 0.910. The van der Waals surface area contributed by atoms with Gasteiger partial charge < -0.3 is 10.2 Å². The molecule has 0 bridgehead atoms. The molecule has 18 heavy (non-hydrogen) atoms. The first-order valence-electron chi connectivity index (χ1n) is 6.16. The molecule has 102 valence electrons. The summed E-state index contributed by atoms with van der Waals surface area (Å²) in [4.78, 5) is 6.54. The van der Waals surface area contributed by atoms with Crippen molar-refractivity contribution in [1.29, 1.82) is 0 Å². The Bertz CT molecular complexity index is 325. The van der Waals surface area contributed by atoms with Crippen molar-refractivity contribution in [3.63, 3.8) is 0 Å². The lowest BCUT2D eigenvalue weighted by Gasteiger charge is -2.33. The zero-order chi connectivity index (χ0) is 13.5. The Hall–Kier alpha value is -1.56. The summed E-state index contributed by atoms with van der Waals surface area (Å²) in [6.07, 6.45) is 3.49. The lowest BCUT2D eigenvalue weighted by molar-refractivity contribution is 0.0864. The first-order chi connectivity index (χ1) is 8.58. The minimum atomic E-state index is 0.484. The molecule has 0 amide bonds. The minimum Gasteiger partial charge on any atom is -0.353 e. The number of piperazine rings is 1. The van der Waals surface area contributed by atoms with E-state index >= 15 is 0 Å². The molecule has 1 rings (SSSR count). The van der Waals surface area contributed by atoms with Crippen LogP contribution in [0.5, 0.6) is 0 Å². The molecule has 1 saturated heterocycles. The molecular formula is C12H24N6. The lowest BCUT2D eigenvalue weighted by atomic mass is 10.2. The first-order valence-corrected chi connectivity index (χ1v) is 6.16. The highest BCUT2D eigenvalue weighted by Crippen LogP contribution is 2.00. The molecule has 0 radical (unpaired) electrons.